The topological polar surface area (TPSA) is 92.2 Å². The van der Waals surface area contributed by atoms with Crippen molar-refractivity contribution in [2.45, 2.75) is 46.0 Å². The molecule has 2 N–H and O–H groups in total. The van der Waals surface area contributed by atoms with Crippen LogP contribution in [0.25, 0.3) is 0 Å². The molecule has 0 saturated carbocycles. The molecular weight excluding hydrogens is 266 g/mol. The van der Waals surface area contributed by atoms with Crippen LogP contribution in [0.3, 0.4) is 0 Å². The molecule has 0 aliphatic carbocycles. The predicted octanol–water partition coefficient (Wildman–Crippen LogP) is 2.32. The van der Waals surface area contributed by atoms with Crippen molar-refractivity contribution in [1.29, 1.82) is 0 Å². The van der Waals surface area contributed by atoms with Gasteiger partial charge in [-0.05, 0) is 18.8 Å². The Hall–Kier alpha value is -1.50. The lowest BCUT2D eigenvalue weighted by molar-refractivity contribution is -0.137. The number of rotatable bonds is 8. The van der Waals surface area contributed by atoms with E-state index < -0.39 is 5.97 Å². The molecule has 0 fully saturated rings. The van der Waals surface area contributed by atoms with Crippen molar-refractivity contribution in [3.8, 4) is 0 Å². The van der Waals surface area contributed by atoms with Gasteiger partial charge >= 0.3 is 5.97 Å². The first kappa shape index (κ1) is 15.6. The second kappa shape index (κ2) is 7.83. The zero-order valence-corrected chi connectivity index (χ0v) is 12.0. The molecule has 0 saturated heterocycles. The lowest BCUT2D eigenvalue weighted by atomic mass is 10.1. The van der Waals surface area contributed by atoms with Gasteiger partial charge in [0, 0.05) is 19.3 Å². The van der Waals surface area contributed by atoms with Crippen molar-refractivity contribution in [3.05, 3.63) is 5.01 Å². The number of aromatic nitrogens is 2. The summed E-state index contributed by atoms with van der Waals surface area (Å²) in [7, 11) is 0. The highest BCUT2D eigenvalue weighted by Crippen LogP contribution is 2.18. The minimum Gasteiger partial charge on any atom is -0.481 e. The van der Waals surface area contributed by atoms with Crippen LogP contribution in [0.1, 0.15) is 44.5 Å². The van der Waals surface area contributed by atoms with E-state index in [1.54, 1.807) is 0 Å². The van der Waals surface area contributed by atoms with Crippen molar-refractivity contribution in [3.63, 3.8) is 0 Å². The predicted molar refractivity (Wildman–Crippen MR) is 73.2 cm³/mol. The maximum atomic E-state index is 11.6. The molecule has 0 aromatic carbocycles. The van der Waals surface area contributed by atoms with Crippen LogP contribution in [0, 0.1) is 5.92 Å². The molecule has 0 bridgehead atoms. The Morgan fingerprint density at radius 2 is 1.95 bits per heavy atom. The van der Waals surface area contributed by atoms with Gasteiger partial charge < -0.3 is 10.4 Å². The van der Waals surface area contributed by atoms with Gasteiger partial charge in [0.25, 0.3) is 0 Å². The average Bonchev–Trinajstić information content (AvgIpc) is 2.70. The summed E-state index contributed by atoms with van der Waals surface area (Å²) in [4.78, 5) is 21.9. The summed E-state index contributed by atoms with van der Waals surface area (Å²) in [6, 6.07) is 0. The highest BCUT2D eigenvalue weighted by Gasteiger charge is 2.09. The summed E-state index contributed by atoms with van der Waals surface area (Å²) in [5.74, 6) is -0.465. The molecule has 1 aromatic heterocycles. The summed E-state index contributed by atoms with van der Waals surface area (Å²) in [6.07, 6.45) is 2.34. The number of carbonyl (C=O) groups excluding carboxylic acids is 1. The number of carboxylic acids is 1. The summed E-state index contributed by atoms with van der Waals surface area (Å²) in [5.41, 5.74) is 0. The Bertz CT molecular complexity index is 432. The van der Waals surface area contributed by atoms with E-state index in [4.69, 9.17) is 5.11 Å². The lowest BCUT2D eigenvalue weighted by Crippen LogP contribution is -2.11. The fraction of sp³-hybridized carbons (Fsp3) is 0.667. The van der Waals surface area contributed by atoms with Gasteiger partial charge in [-0.2, -0.15) is 0 Å². The highest BCUT2D eigenvalue weighted by atomic mass is 32.1. The number of hydrogen-bond acceptors (Lipinski definition) is 5. The second-order valence-electron chi connectivity index (χ2n) is 4.75. The number of anilines is 1. The van der Waals surface area contributed by atoms with Gasteiger partial charge in [0.15, 0.2) is 0 Å². The molecule has 19 heavy (non-hydrogen) atoms. The maximum absolute atomic E-state index is 11.6. The number of hydrogen-bond donors (Lipinski definition) is 2. The van der Waals surface area contributed by atoms with Gasteiger partial charge in [0.2, 0.25) is 11.0 Å². The average molecular weight is 285 g/mol. The molecule has 0 spiro atoms. The van der Waals surface area contributed by atoms with Crippen LogP contribution >= 0.6 is 11.3 Å². The molecule has 1 aromatic rings. The summed E-state index contributed by atoms with van der Waals surface area (Å²) >= 11 is 1.39. The molecule has 1 heterocycles. The van der Waals surface area contributed by atoms with E-state index in [1.165, 1.54) is 11.3 Å². The van der Waals surface area contributed by atoms with Crippen molar-refractivity contribution in [1.82, 2.24) is 10.2 Å². The Morgan fingerprint density at radius 3 is 2.58 bits per heavy atom. The second-order valence-corrected chi connectivity index (χ2v) is 5.81. The fourth-order valence-corrected chi connectivity index (χ4v) is 2.45. The first-order valence-electron chi connectivity index (χ1n) is 6.31. The maximum Gasteiger partial charge on any atom is 0.303 e. The third kappa shape index (κ3) is 6.85. The quantitative estimate of drug-likeness (QED) is 0.715. The number of amides is 1. The van der Waals surface area contributed by atoms with Crippen molar-refractivity contribution < 1.29 is 14.7 Å². The molecule has 6 nitrogen and oxygen atoms in total. The Balaban J connectivity index is 2.28. The van der Waals surface area contributed by atoms with E-state index in [0.717, 1.165) is 11.4 Å². The summed E-state index contributed by atoms with van der Waals surface area (Å²) in [5, 5.41) is 20.5. The van der Waals surface area contributed by atoms with Crippen LogP contribution in [0.2, 0.25) is 0 Å². The minimum atomic E-state index is -0.831. The van der Waals surface area contributed by atoms with Gasteiger partial charge in [0.05, 0.1) is 0 Å². The first-order chi connectivity index (χ1) is 8.97. The Kier molecular flexibility index (Phi) is 6.41. The molecule has 0 radical (unpaired) electrons. The standard InChI is InChI=1S/C12H19N3O3S/c1-8(2)7-10-14-15-12(19-10)13-9(16)5-3-4-6-11(17)18/h8H,3-7H2,1-2H3,(H,17,18)(H,13,15,16). The SMILES string of the molecule is CC(C)Cc1nnc(NC(=O)CCCCC(=O)O)s1. The molecule has 106 valence electrons. The third-order valence-corrected chi connectivity index (χ3v) is 3.20. The van der Waals surface area contributed by atoms with Crippen molar-refractivity contribution >= 4 is 28.3 Å². The molecular formula is C12H19N3O3S. The molecule has 0 unspecified atom stereocenters. The van der Waals surface area contributed by atoms with Gasteiger partial charge in [0.1, 0.15) is 5.01 Å². The largest absolute Gasteiger partial charge is 0.481 e. The summed E-state index contributed by atoms with van der Waals surface area (Å²) < 4.78 is 0. The molecule has 1 rings (SSSR count). The van der Waals surface area contributed by atoms with Crippen LogP contribution in [0.15, 0.2) is 0 Å². The molecule has 7 heteroatoms. The van der Waals surface area contributed by atoms with Crippen LogP contribution in [-0.4, -0.2) is 27.2 Å². The van der Waals surface area contributed by atoms with E-state index >= 15 is 0 Å². The first-order valence-corrected chi connectivity index (χ1v) is 7.13. The molecule has 1 amide bonds. The van der Waals surface area contributed by atoms with Crippen LogP contribution in [0.5, 0.6) is 0 Å². The monoisotopic (exact) mass is 285 g/mol. The zero-order valence-electron chi connectivity index (χ0n) is 11.2. The molecule has 0 atom stereocenters. The van der Waals surface area contributed by atoms with E-state index in [9.17, 15) is 9.59 Å². The number of nitrogens with zero attached hydrogens (tertiary/aromatic N) is 2. The zero-order chi connectivity index (χ0) is 14.3. The smallest absolute Gasteiger partial charge is 0.303 e. The Morgan fingerprint density at radius 1 is 1.26 bits per heavy atom. The van der Waals surface area contributed by atoms with Crippen molar-refractivity contribution in [2.75, 3.05) is 5.32 Å². The highest BCUT2D eigenvalue weighted by molar-refractivity contribution is 7.15. The van der Waals surface area contributed by atoms with E-state index in [-0.39, 0.29) is 12.3 Å². The van der Waals surface area contributed by atoms with Crippen LogP contribution in [-0.2, 0) is 16.0 Å². The summed E-state index contributed by atoms with van der Waals surface area (Å²) in [6.45, 7) is 4.20. The van der Waals surface area contributed by atoms with Gasteiger partial charge in [-0.25, -0.2) is 0 Å². The lowest BCUT2D eigenvalue weighted by Gasteiger charge is -2.00. The van der Waals surface area contributed by atoms with Gasteiger partial charge in [-0.3, -0.25) is 9.59 Å². The minimum absolute atomic E-state index is 0.102. The molecule has 0 aliphatic rings. The van der Waals surface area contributed by atoms with Crippen LogP contribution in [0.4, 0.5) is 5.13 Å². The third-order valence-electron chi connectivity index (χ3n) is 2.34. The van der Waals surface area contributed by atoms with E-state index in [1.807, 2.05) is 0 Å². The van der Waals surface area contributed by atoms with Gasteiger partial charge in [-0.1, -0.05) is 25.2 Å². The number of carboxylic acid groups (broad SMARTS) is 1. The fourth-order valence-electron chi connectivity index (χ4n) is 1.48. The van der Waals surface area contributed by atoms with Crippen LogP contribution < -0.4 is 5.32 Å². The molecule has 0 aliphatic heterocycles. The number of nitrogens with one attached hydrogen (secondary N) is 1. The van der Waals surface area contributed by atoms with E-state index in [0.29, 0.717) is 30.3 Å². The normalized spacial score (nSPS) is 10.7. The number of carbonyl (C=O) groups is 2. The number of unbranched alkanes of at least 4 members (excludes halogenated alkanes) is 1. The van der Waals surface area contributed by atoms with E-state index in [2.05, 4.69) is 29.4 Å². The number of aliphatic carboxylic acids is 1. The van der Waals surface area contributed by atoms with Gasteiger partial charge in [-0.15, -0.1) is 10.2 Å². The Labute approximate surface area is 116 Å². The van der Waals surface area contributed by atoms with Crippen molar-refractivity contribution in [2.24, 2.45) is 5.92 Å².